The van der Waals surface area contributed by atoms with Crippen LogP contribution in [0.5, 0.6) is 0 Å². The second-order valence-electron chi connectivity index (χ2n) is 6.16. The number of rotatable bonds is 9. The number of aliphatic imine (C=N–C) groups is 1. The molecular formula is C16H30F2N6. The normalized spacial score (nSPS) is 12.7. The van der Waals surface area contributed by atoms with Gasteiger partial charge in [-0.15, -0.1) is 0 Å². The van der Waals surface area contributed by atoms with Crippen LogP contribution in [-0.4, -0.2) is 52.6 Å². The van der Waals surface area contributed by atoms with Crippen molar-refractivity contribution in [3.63, 3.8) is 0 Å². The molecule has 0 radical (unpaired) electrons. The van der Waals surface area contributed by atoms with Gasteiger partial charge in [0.2, 0.25) is 0 Å². The molecule has 138 valence electrons. The molecule has 0 bridgehead atoms. The maximum atomic E-state index is 12.8. The molecule has 0 aliphatic carbocycles. The van der Waals surface area contributed by atoms with E-state index in [9.17, 15) is 8.78 Å². The van der Waals surface area contributed by atoms with Crippen molar-refractivity contribution in [1.29, 1.82) is 0 Å². The van der Waals surface area contributed by atoms with Crippen LogP contribution in [0.3, 0.4) is 0 Å². The number of halogens is 2. The number of hydrogen-bond donors (Lipinski definition) is 2. The van der Waals surface area contributed by atoms with E-state index in [0.717, 1.165) is 24.1 Å². The molecule has 2 N–H and O–H groups in total. The summed E-state index contributed by atoms with van der Waals surface area (Å²) in [5.41, 5.74) is 0. The summed E-state index contributed by atoms with van der Waals surface area (Å²) in [5, 5.41) is 6.21. The van der Waals surface area contributed by atoms with Gasteiger partial charge in [-0.25, -0.2) is 4.98 Å². The fourth-order valence-corrected chi connectivity index (χ4v) is 2.62. The summed E-state index contributed by atoms with van der Waals surface area (Å²) in [4.78, 5) is 10.5. The minimum absolute atomic E-state index is 0.196. The van der Waals surface area contributed by atoms with E-state index in [1.165, 1.54) is 12.4 Å². The van der Waals surface area contributed by atoms with Crippen LogP contribution >= 0.6 is 0 Å². The van der Waals surface area contributed by atoms with Gasteiger partial charge in [0.25, 0.3) is 0 Å². The molecule has 0 amide bonds. The Hall–Kier alpha value is -1.70. The van der Waals surface area contributed by atoms with Gasteiger partial charge in [-0.3, -0.25) is 14.5 Å². The van der Waals surface area contributed by atoms with Crippen LogP contribution in [0.15, 0.2) is 17.4 Å². The topological polar surface area (TPSA) is 57.5 Å². The molecular weight excluding hydrogens is 314 g/mol. The van der Waals surface area contributed by atoms with Gasteiger partial charge < -0.3 is 10.6 Å². The Kier molecular flexibility index (Phi) is 8.67. The molecule has 0 aliphatic heterocycles. The van der Waals surface area contributed by atoms with Crippen molar-refractivity contribution in [2.75, 3.05) is 20.1 Å². The summed E-state index contributed by atoms with van der Waals surface area (Å²) in [6.45, 7) is 8.14. The standard InChI is InChI=1S/C16H30F2N6/c1-12(2)23(13(3)4)9-6-7-21-16(19-5)22-11-14-20-8-10-24(14)15(17)18/h8,10,12-13,15H,6-7,9,11H2,1-5H3,(H2,19,21,22). The summed E-state index contributed by atoms with van der Waals surface area (Å²) < 4.78 is 26.4. The Balaban J connectivity index is 2.37. The monoisotopic (exact) mass is 344 g/mol. The third-order valence-corrected chi connectivity index (χ3v) is 3.81. The highest BCUT2D eigenvalue weighted by Gasteiger charge is 2.13. The van der Waals surface area contributed by atoms with Gasteiger partial charge in [-0.2, -0.15) is 8.78 Å². The first-order valence-corrected chi connectivity index (χ1v) is 8.37. The quantitative estimate of drug-likeness (QED) is 0.410. The van der Waals surface area contributed by atoms with Crippen LogP contribution in [0.25, 0.3) is 0 Å². The highest BCUT2D eigenvalue weighted by Crippen LogP contribution is 2.11. The minimum atomic E-state index is -2.59. The first-order valence-electron chi connectivity index (χ1n) is 8.37. The minimum Gasteiger partial charge on any atom is -0.356 e. The zero-order chi connectivity index (χ0) is 18.1. The maximum Gasteiger partial charge on any atom is 0.319 e. The van der Waals surface area contributed by atoms with Crippen LogP contribution in [0.1, 0.15) is 46.5 Å². The number of nitrogens with zero attached hydrogens (tertiary/aromatic N) is 4. The number of hydrogen-bond acceptors (Lipinski definition) is 3. The van der Waals surface area contributed by atoms with Crippen LogP contribution in [0.2, 0.25) is 0 Å². The third kappa shape index (κ3) is 6.43. The molecule has 8 heteroatoms. The number of alkyl halides is 2. The molecule has 0 unspecified atom stereocenters. The van der Waals surface area contributed by atoms with Gasteiger partial charge in [0.1, 0.15) is 5.82 Å². The fourth-order valence-electron chi connectivity index (χ4n) is 2.62. The lowest BCUT2D eigenvalue weighted by molar-refractivity contribution is 0.0668. The Labute approximate surface area is 143 Å². The van der Waals surface area contributed by atoms with Gasteiger partial charge in [-0.1, -0.05) is 0 Å². The summed E-state index contributed by atoms with van der Waals surface area (Å²) in [7, 11) is 1.66. The van der Waals surface area contributed by atoms with E-state index in [0.29, 0.717) is 18.0 Å². The molecule has 0 saturated carbocycles. The highest BCUT2D eigenvalue weighted by atomic mass is 19.3. The predicted octanol–water partition coefficient (Wildman–Crippen LogP) is 2.45. The van der Waals surface area contributed by atoms with Crippen molar-refractivity contribution in [1.82, 2.24) is 25.1 Å². The molecule has 24 heavy (non-hydrogen) atoms. The number of aromatic nitrogens is 2. The van der Waals surface area contributed by atoms with Gasteiger partial charge in [0, 0.05) is 44.6 Å². The van der Waals surface area contributed by atoms with Crippen LogP contribution in [0.4, 0.5) is 8.78 Å². The van der Waals surface area contributed by atoms with E-state index in [2.05, 4.69) is 53.2 Å². The lowest BCUT2D eigenvalue weighted by Gasteiger charge is -2.30. The number of guanidine groups is 1. The van der Waals surface area contributed by atoms with Crippen molar-refractivity contribution >= 4 is 5.96 Å². The van der Waals surface area contributed by atoms with Crippen molar-refractivity contribution in [2.24, 2.45) is 4.99 Å². The Morgan fingerprint density at radius 3 is 2.46 bits per heavy atom. The van der Waals surface area contributed by atoms with Crippen molar-refractivity contribution in [3.8, 4) is 0 Å². The molecule has 0 aromatic carbocycles. The highest BCUT2D eigenvalue weighted by molar-refractivity contribution is 5.79. The van der Waals surface area contributed by atoms with Crippen molar-refractivity contribution in [3.05, 3.63) is 18.2 Å². The third-order valence-electron chi connectivity index (χ3n) is 3.81. The average molecular weight is 344 g/mol. The Morgan fingerprint density at radius 2 is 1.92 bits per heavy atom. The number of nitrogens with one attached hydrogen (secondary N) is 2. The SMILES string of the molecule is CN=C(NCCCN(C(C)C)C(C)C)NCc1nccn1C(F)F. The molecule has 0 spiro atoms. The molecule has 0 atom stereocenters. The zero-order valence-electron chi connectivity index (χ0n) is 15.3. The maximum absolute atomic E-state index is 12.8. The van der Waals surface area contributed by atoms with E-state index < -0.39 is 6.55 Å². The van der Waals surface area contributed by atoms with Crippen LogP contribution < -0.4 is 10.6 Å². The zero-order valence-corrected chi connectivity index (χ0v) is 15.3. The molecule has 1 aromatic heterocycles. The Bertz CT molecular complexity index is 491. The summed E-state index contributed by atoms with van der Waals surface area (Å²) in [5.74, 6) is 0.859. The molecule has 0 fully saturated rings. The second kappa shape index (κ2) is 10.2. The van der Waals surface area contributed by atoms with E-state index >= 15 is 0 Å². The van der Waals surface area contributed by atoms with E-state index in [4.69, 9.17) is 0 Å². The first-order chi connectivity index (χ1) is 11.4. The van der Waals surface area contributed by atoms with E-state index in [1.807, 2.05) is 0 Å². The Morgan fingerprint density at radius 1 is 1.25 bits per heavy atom. The van der Waals surface area contributed by atoms with Crippen molar-refractivity contribution in [2.45, 2.75) is 59.3 Å². The van der Waals surface area contributed by atoms with Gasteiger partial charge in [0.05, 0.1) is 6.54 Å². The van der Waals surface area contributed by atoms with E-state index in [1.54, 1.807) is 7.05 Å². The average Bonchev–Trinajstić information content (AvgIpc) is 2.97. The second-order valence-corrected chi connectivity index (χ2v) is 6.16. The summed E-state index contributed by atoms with van der Waals surface area (Å²) in [6, 6.07) is 1.02. The van der Waals surface area contributed by atoms with Crippen LogP contribution in [0, 0.1) is 0 Å². The molecule has 1 aromatic rings. The number of imidazole rings is 1. The summed E-state index contributed by atoms with van der Waals surface area (Å²) in [6.07, 6.45) is 3.61. The predicted molar refractivity (Wildman–Crippen MR) is 93.3 cm³/mol. The summed E-state index contributed by atoms with van der Waals surface area (Å²) >= 11 is 0. The first kappa shape index (κ1) is 20.3. The van der Waals surface area contributed by atoms with Crippen LogP contribution in [-0.2, 0) is 6.54 Å². The molecule has 6 nitrogen and oxygen atoms in total. The molecule has 0 saturated heterocycles. The van der Waals surface area contributed by atoms with Crippen molar-refractivity contribution < 1.29 is 8.78 Å². The van der Waals surface area contributed by atoms with Gasteiger partial charge >= 0.3 is 6.55 Å². The fraction of sp³-hybridized carbons (Fsp3) is 0.750. The smallest absolute Gasteiger partial charge is 0.319 e. The van der Waals surface area contributed by atoms with E-state index in [-0.39, 0.29) is 12.4 Å². The molecule has 0 aliphatic rings. The lowest BCUT2D eigenvalue weighted by Crippen LogP contribution is -2.41. The molecule has 1 heterocycles. The largest absolute Gasteiger partial charge is 0.356 e. The van der Waals surface area contributed by atoms with Gasteiger partial charge in [-0.05, 0) is 34.1 Å². The lowest BCUT2D eigenvalue weighted by atomic mass is 10.2. The molecule has 1 rings (SSSR count). The van der Waals surface area contributed by atoms with Gasteiger partial charge in [0.15, 0.2) is 5.96 Å².